The highest BCUT2D eigenvalue weighted by Gasteiger charge is 2.29. The molecule has 0 amide bonds. The van der Waals surface area contributed by atoms with Gasteiger partial charge in [-0.05, 0) is 32.9 Å². The van der Waals surface area contributed by atoms with E-state index < -0.39 is 34.4 Å². The van der Waals surface area contributed by atoms with Crippen LogP contribution in [0.25, 0.3) is 11.4 Å². The Kier molecular flexibility index (Phi) is 4.64. The summed E-state index contributed by atoms with van der Waals surface area (Å²) in [6.07, 6.45) is 0. The lowest BCUT2D eigenvalue weighted by atomic mass is 9.97. The molecule has 2 aromatic rings. The molecule has 1 heterocycles. The van der Waals surface area contributed by atoms with Gasteiger partial charge >= 0.3 is 11.9 Å². The van der Waals surface area contributed by atoms with Gasteiger partial charge in [-0.1, -0.05) is 12.1 Å². The van der Waals surface area contributed by atoms with Gasteiger partial charge in [-0.25, -0.2) is 9.78 Å². The third kappa shape index (κ3) is 3.68. The zero-order valence-electron chi connectivity index (χ0n) is 14.4. The first-order valence-electron chi connectivity index (χ1n) is 7.45. The Labute approximate surface area is 143 Å². The number of esters is 1. The smallest absolute Gasteiger partial charge is 0.358 e. The highest BCUT2D eigenvalue weighted by molar-refractivity contribution is 5.90. The van der Waals surface area contributed by atoms with E-state index in [0.717, 1.165) is 4.57 Å². The molecule has 0 saturated carbocycles. The lowest BCUT2D eigenvalue weighted by Crippen LogP contribution is -2.32. The molecular weight excluding hydrogens is 326 g/mol. The number of ether oxygens (including phenoxy) is 1. The monoisotopic (exact) mass is 345 g/mol. The number of aromatic carboxylic acids is 1. The maximum Gasteiger partial charge on any atom is 0.358 e. The minimum Gasteiger partial charge on any atom is -0.476 e. The van der Waals surface area contributed by atoms with Gasteiger partial charge in [-0.15, -0.1) is 0 Å². The van der Waals surface area contributed by atoms with Crippen LogP contribution in [0.4, 0.5) is 5.69 Å². The molecule has 0 spiro atoms. The minimum atomic E-state index is -1.47. The van der Waals surface area contributed by atoms with Crippen molar-refractivity contribution in [2.75, 3.05) is 5.73 Å². The molecule has 0 radical (unpaired) electrons. The van der Waals surface area contributed by atoms with E-state index in [9.17, 15) is 19.5 Å². The molecule has 1 aromatic carbocycles. The van der Waals surface area contributed by atoms with Gasteiger partial charge in [0.1, 0.15) is 5.82 Å². The highest BCUT2D eigenvalue weighted by atomic mass is 16.5. The van der Waals surface area contributed by atoms with E-state index in [1.165, 1.54) is 7.05 Å². The number of nitrogen functional groups attached to an aromatic ring is 1. The molecule has 0 aliphatic rings. The molecule has 3 N–H and O–H groups in total. The van der Waals surface area contributed by atoms with Crippen molar-refractivity contribution in [3.8, 4) is 17.1 Å². The first kappa shape index (κ1) is 18.2. The fourth-order valence-electron chi connectivity index (χ4n) is 2.00. The lowest BCUT2D eigenvalue weighted by molar-refractivity contribution is -0.143. The Hall–Kier alpha value is -3.16. The molecule has 0 aliphatic heterocycles. The maximum absolute atomic E-state index is 12.6. The maximum atomic E-state index is 12.6. The summed E-state index contributed by atoms with van der Waals surface area (Å²) in [5, 5.41) is 9.40. The second kappa shape index (κ2) is 6.39. The summed E-state index contributed by atoms with van der Waals surface area (Å²) in [5.41, 5.74) is 4.32. The number of anilines is 1. The predicted octanol–water partition coefficient (Wildman–Crippen LogP) is 1.68. The number of hydrogen-bond donors (Lipinski definition) is 2. The van der Waals surface area contributed by atoms with Crippen LogP contribution in [0.1, 0.15) is 31.3 Å². The van der Waals surface area contributed by atoms with Gasteiger partial charge in [-0.3, -0.25) is 14.2 Å². The molecule has 132 valence electrons. The van der Waals surface area contributed by atoms with Crippen LogP contribution in [-0.4, -0.2) is 26.6 Å². The second-order valence-electron chi connectivity index (χ2n) is 6.55. The summed E-state index contributed by atoms with van der Waals surface area (Å²) >= 11 is 0. The second-order valence-corrected chi connectivity index (χ2v) is 6.55. The van der Waals surface area contributed by atoms with Crippen molar-refractivity contribution in [3.63, 3.8) is 0 Å². The molecular formula is C17H19N3O5. The van der Waals surface area contributed by atoms with Gasteiger partial charge in [0.2, 0.25) is 5.75 Å². The van der Waals surface area contributed by atoms with Gasteiger partial charge < -0.3 is 15.6 Å². The number of carbonyl (C=O) groups is 2. The SMILES string of the molecule is Cn1c(-c2cccc(N)c2)nc(C(=O)O)c(OC(=O)C(C)(C)C)c1=O. The van der Waals surface area contributed by atoms with E-state index >= 15 is 0 Å². The Morgan fingerprint density at radius 1 is 1.28 bits per heavy atom. The average molecular weight is 345 g/mol. The van der Waals surface area contributed by atoms with Crippen molar-refractivity contribution < 1.29 is 19.4 Å². The molecule has 8 heteroatoms. The zero-order valence-corrected chi connectivity index (χ0v) is 14.4. The Morgan fingerprint density at radius 2 is 1.92 bits per heavy atom. The fourth-order valence-corrected chi connectivity index (χ4v) is 2.00. The van der Waals surface area contributed by atoms with Gasteiger partial charge in [0.05, 0.1) is 5.41 Å². The highest BCUT2D eigenvalue weighted by Crippen LogP contribution is 2.23. The molecule has 25 heavy (non-hydrogen) atoms. The lowest BCUT2D eigenvalue weighted by Gasteiger charge is -2.18. The van der Waals surface area contributed by atoms with Gasteiger partial charge in [0.15, 0.2) is 5.69 Å². The normalized spacial score (nSPS) is 11.2. The Balaban J connectivity index is 2.68. The van der Waals surface area contributed by atoms with Gasteiger partial charge in [0.25, 0.3) is 5.56 Å². The first-order valence-corrected chi connectivity index (χ1v) is 7.45. The number of aromatic nitrogens is 2. The van der Waals surface area contributed by atoms with E-state index in [1.807, 2.05) is 0 Å². The van der Waals surface area contributed by atoms with E-state index in [1.54, 1.807) is 45.0 Å². The zero-order chi connectivity index (χ0) is 18.9. The molecule has 0 unspecified atom stereocenters. The van der Waals surface area contributed by atoms with Crippen LogP contribution < -0.4 is 16.0 Å². The number of carboxylic acid groups (broad SMARTS) is 1. The largest absolute Gasteiger partial charge is 0.476 e. The van der Waals surface area contributed by atoms with E-state index in [-0.39, 0.29) is 5.82 Å². The fraction of sp³-hybridized carbons (Fsp3) is 0.294. The van der Waals surface area contributed by atoms with Crippen molar-refractivity contribution in [2.45, 2.75) is 20.8 Å². The molecule has 0 saturated heterocycles. The number of carbonyl (C=O) groups excluding carboxylic acids is 1. The molecule has 0 fully saturated rings. The first-order chi connectivity index (χ1) is 11.5. The van der Waals surface area contributed by atoms with Gasteiger partial charge in [-0.2, -0.15) is 0 Å². The molecule has 0 aliphatic carbocycles. The van der Waals surface area contributed by atoms with Crippen LogP contribution in [0.2, 0.25) is 0 Å². The van der Waals surface area contributed by atoms with Gasteiger partial charge in [0, 0.05) is 18.3 Å². The number of rotatable bonds is 3. The number of benzene rings is 1. The van der Waals surface area contributed by atoms with Crippen LogP contribution in [-0.2, 0) is 11.8 Å². The Bertz CT molecular complexity index is 909. The standard InChI is InChI=1S/C17H19N3O5/c1-17(2,3)16(24)25-12-11(15(22)23)19-13(20(4)14(12)21)9-6-5-7-10(18)8-9/h5-8H,18H2,1-4H3,(H,22,23). The van der Waals surface area contributed by atoms with E-state index in [2.05, 4.69) is 4.98 Å². The summed E-state index contributed by atoms with van der Waals surface area (Å²) in [4.78, 5) is 40.2. The summed E-state index contributed by atoms with van der Waals surface area (Å²) in [7, 11) is 1.41. The summed E-state index contributed by atoms with van der Waals surface area (Å²) in [6, 6.07) is 6.52. The molecule has 8 nitrogen and oxygen atoms in total. The van der Waals surface area contributed by atoms with Crippen molar-refractivity contribution >= 4 is 17.6 Å². The van der Waals surface area contributed by atoms with E-state index in [0.29, 0.717) is 11.3 Å². The van der Waals surface area contributed by atoms with Crippen molar-refractivity contribution in [2.24, 2.45) is 12.5 Å². The number of hydrogen-bond acceptors (Lipinski definition) is 6. The molecule has 0 atom stereocenters. The molecule has 0 bridgehead atoms. The predicted molar refractivity (Wildman–Crippen MR) is 91.4 cm³/mol. The third-order valence-electron chi connectivity index (χ3n) is 3.40. The van der Waals surface area contributed by atoms with E-state index in [4.69, 9.17) is 10.5 Å². The summed E-state index contributed by atoms with van der Waals surface area (Å²) in [5.74, 6) is -2.71. The van der Waals surface area contributed by atoms with Crippen LogP contribution in [0.3, 0.4) is 0 Å². The average Bonchev–Trinajstić information content (AvgIpc) is 2.50. The Morgan fingerprint density at radius 3 is 2.44 bits per heavy atom. The molecule has 2 rings (SSSR count). The number of carboxylic acids is 1. The van der Waals surface area contributed by atoms with Crippen LogP contribution in [0, 0.1) is 5.41 Å². The molecule has 1 aromatic heterocycles. The summed E-state index contributed by atoms with van der Waals surface area (Å²) < 4.78 is 6.17. The van der Waals surface area contributed by atoms with Crippen LogP contribution >= 0.6 is 0 Å². The number of nitrogens with zero attached hydrogens (tertiary/aromatic N) is 2. The van der Waals surface area contributed by atoms with Crippen molar-refractivity contribution in [1.82, 2.24) is 9.55 Å². The number of nitrogens with two attached hydrogens (primary N) is 1. The quantitative estimate of drug-likeness (QED) is 0.640. The summed E-state index contributed by atoms with van der Waals surface area (Å²) in [6.45, 7) is 4.78. The van der Waals surface area contributed by atoms with Crippen molar-refractivity contribution in [3.05, 3.63) is 40.3 Å². The van der Waals surface area contributed by atoms with Crippen molar-refractivity contribution in [1.29, 1.82) is 0 Å². The topological polar surface area (TPSA) is 125 Å². The third-order valence-corrected chi connectivity index (χ3v) is 3.40. The van der Waals surface area contributed by atoms with Crippen LogP contribution in [0.15, 0.2) is 29.1 Å². The minimum absolute atomic E-state index is 0.102. The van der Waals surface area contributed by atoms with Crippen LogP contribution in [0.5, 0.6) is 5.75 Å².